The molecular weight excluding hydrogens is 366 g/mol. The molecule has 148 valence electrons. The molecule has 3 aliphatic rings. The van der Waals surface area contributed by atoms with Crippen LogP contribution in [0.25, 0.3) is 0 Å². The zero-order chi connectivity index (χ0) is 19.2. The fourth-order valence-corrected chi connectivity index (χ4v) is 4.55. The Kier molecular flexibility index (Phi) is 4.90. The van der Waals surface area contributed by atoms with E-state index in [-0.39, 0.29) is 11.9 Å². The van der Waals surface area contributed by atoms with Crippen LogP contribution in [0.2, 0.25) is 0 Å². The normalized spacial score (nSPS) is 28.6. The Morgan fingerprint density at radius 2 is 1.93 bits per heavy atom. The van der Waals surface area contributed by atoms with Crippen LogP contribution in [-0.4, -0.2) is 70.4 Å². The first-order chi connectivity index (χ1) is 12.8. The molecule has 1 N–H and O–H groups in total. The number of sulfonamides is 1. The number of amides is 1. The van der Waals surface area contributed by atoms with Gasteiger partial charge in [0.25, 0.3) is 5.91 Å². The van der Waals surface area contributed by atoms with E-state index in [0.29, 0.717) is 23.4 Å². The van der Waals surface area contributed by atoms with E-state index in [0.717, 1.165) is 38.3 Å². The summed E-state index contributed by atoms with van der Waals surface area (Å²) in [7, 11) is -1.81. The Bertz CT molecular complexity index is 807. The van der Waals surface area contributed by atoms with E-state index in [4.69, 9.17) is 4.74 Å². The van der Waals surface area contributed by atoms with Crippen LogP contribution in [0, 0.1) is 5.92 Å². The summed E-state index contributed by atoms with van der Waals surface area (Å²) < 4.78 is 30.4. The van der Waals surface area contributed by atoms with Crippen molar-refractivity contribution in [3.63, 3.8) is 0 Å². The fraction of sp³-hybridized carbons (Fsp3) is 0.632. The second-order valence-electron chi connectivity index (χ2n) is 8.00. The Labute approximate surface area is 160 Å². The van der Waals surface area contributed by atoms with E-state index in [1.54, 1.807) is 24.3 Å². The van der Waals surface area contributed by atoms with Gasteiger partial charge in [0.05, 0.1) is 24.7 Å². The third kappa shape index (κ3) is 4.12. The van der Waals surface area contributed by atoms with Crippen LogP contribution in [0.4, 0.5) is 5.69 Å². The number of benzene rings is 1. The summed E-state index contributed by atoms with van der Waals surface area (Å²) in [6.45, 7) is 2.62. The number of hydrogen-bond acceptors (Lipinski definition) is 5. The number of anilines is 1. The maximum absolute atomic E-state index is 12.6. The van der Waals surface area contributed by atoms with E-state index in [1.807, 2.05) is 0 Å². The van der Waals surface area contributed by atoms with Crippen LogP contribution >= 0.6 is 0 Å². The van der Waals surface area contributed by atoms with Crippen molar-refractivity contribution < 1.29 is 17.9 Å². The van der Waals surface area contributed by atoms with Crippen molar-refractivity contribution in [1.82, 2.24) is 10.2 Å². The van der Waals surface area contributed by atoms with Gasteiger partial charge in [-0.25, -0.2) is 8.42 Å². The molecule has 7 nitrogen and oxygen atoms in total. The van der Waals surface area contributed by atoms with Crippen LogP contribution in [0.15, 0.2) is 24.3 Å². The van der Waals surface area contributed by atoms with Gasteiger partial charge in [0.2, 0.25) is 10.0 Å². The molecule has 4 rings (SSSR count). The average Bonchev–Trinajstić information content (AvgIpc) is 3.40. The number of carbonyl (C=O) groups excluding carboxylic acids is 1. The van der Waals surface area contributed by atoms with Crippen LogP contribution in [-0.2, 0) is 14.8 Å². The number of rotatable bonds is 5. The molecule has 3 fully saturated rings. The van der Waals surface area contributed by atoms with E-state index >= 15 is 0 Å². The van der Waals surface area contributed by atoms with E-state index in [2.05, 4.69) is 10.2 Å². The van der Waals surface area contributed by atoms with Crippen LogP contribution in [0.5, 0.6) is 0 Å². The van der Waals surface area contributed by atoms with Gasteiger partial charge in [0.15, 0.2) is 0 Å². The van der Waals surface area contributed by atoms with E-state index in [1.165, 1.54) is 24.2 Å². The molecule has 2 heterocycles. The molecule has 0 spiro atoms. The molecule has 8 heteroatoms. The largest absolute Gasteiger partial charge is 0.375 e. The van der Waals surface area contributed by atoms with Gasteiger partial charge in [-0.2, -0.15) is 0 Å². The first-order valence-corrected chi connectivity index (χ1v) is 11.4. The topological polar surface area (TPSA) is 79.0 Å². The number of nitrogens with zero attached hydrogens (tertiary/aromatic N) is 2. The second-order valence-corrected chi connectivity index (χ2v) is 10.0. The van der Waals surface area contributed by atoms with Gasteiger partial charge in [0, 0.05) is 37.8 Å². The minimum absolute atomic E-state index is 0.118. The van der Waals surface area contributed by atoms with E-state index < -0.39 is 10.0 Å². The van der Waals surface area contributed by atoms with Gasteiger partial charge < -0.3 is 10.1 Å². The lowest BCUT2D eigenvalue weighted by molar-refractivity contribution is -0.0581. The summed E-state index contributed by atoms with van der Waals surface area (Å²) in [6.07, 6.45) is 5.01. The summed E-state index contributed by atoms with van der Waals surface area (Å²) in [6, 6.07) is 7.17. The van der Waals surface area contributed by atoms with Gasteiger partial charge in [-0.3, -0.25) is 14.0 Å². The molecule has 0 radical (unpaired) electrons. The fourth-order valence-electron chi connectivity index (χ4n) is 4.04. The molecule has 1 amide bonds. The minimum atomic E-state index is -3.31. The Balaban J connectivity index is 1.34. The first-order valence-electron chi connectivity index (χ1n) is 9.52. The number of fused-ring (bicyclic) bond motifs is 1. The monoisotopic (exact) mass is 393 g/mol. The summed E-state index contributed by atoms with van der Waals surface area (Å²) in [5, 5.41) is 3.12. The van der Waals surface area contributed by atoms with Crippen molar-refractivity contribution in [1.29, 1.82) is 0 Å². The maximum atomic E-state index is 12.6. The van der Waals surface area contributed by atoms with Crippen molar-refractivity contribution in [3.05, 3.63) is 29.8 Å². The Hall–Kier alpha value is -1.64. The third-order valence-electron chi connectivity index (χ3n) is 5.92. The molecule has 3 atom stereocenters. The molecule has 0 aromatic heterocycles. The van der Waals surface area contributed by atoms with Crippen molar-refractivity contribution in [2.75, 3.05) is 37.3 Å². The number of morpholine rings is 1. The molecular formula is C19H27N3O4S. The lowest BCUT2D eigenvalue weighted by Crippen LogP contribution is -2.47. The highest BCUT2D eigenvalue weighted by Gasteiger charge is 2.42. The Morgan fingerprint density at radius 1 is 1.22 bits per heavy atom. The summed E-state index contributed by atoms with van der Waals surface area (Å²) >= 11 is 0. The molecule has 0 bridgehead atoms. The molecule has 1 aromatic rings. The number of hydrogen-bond donors (Lipinski definition) is 1. The predicted molar refractivity (Wildman–Crippen MR) is 103 cm³/mol. The summed E-state index contributed by atoms with van der Waals surface area (Å²) in [5.41, 5.74) is 1.08. The number of ether oxygens (including phenoxy) is 1. The molecule has 1 aromatic carbocycles. The molecule has 27 heavy (non-hydrogen) atoms. The van der Waals surface area contributed by atoms with Crippen molar-refractivity contribution in [2.45, 2.75) is 37.5 Å². The zero-order valence-corrected chi connectivity index (χ0v) is 16.6. The summed E-state index contributed by atoms with van der Waals surface area (Å²) in [4.78, 5) is 15.0. The SMILES string of the molecule is CN(c1ccc(C(=O)N[C@H]2C[C@H]3CO[C@@H](C4CC4)CN3C2)cc1)S(C)(=O)=O. The van der Waals surface area contributed by atoms with Crippen LogP contribution in [0.3, 0.4) is 0 Å². The van der Waals surface area contributed by atoms with Gasteiger partial charge in [-0.05, 0) is 49.4 Å². The first kappa shape index (κ1) is 18.7. The van der Waals surface area contributed by atoms with E-state index in [9.17, 15) is 13.2 Å². The van der Waals surface area contributed by atoms with Gasteiger partial charge in [-0.15, -0.1) is 0 Å². The van der Waals surface area contributed by atoms with Gasteiger partial charge in [-0.1, -0.05) is 0 Å². The predicted octanol–water partition coefficient (Wildman–Crippen LogP) is 1.06. The van der Waals surface area contributed by atoms with Gasteiger partial charge in [0.1, 0.15) is 0 Å². The van der Waals surface area contributed by atoms with Gasteiger partial charge >= 0.3 is 0 Å². The third-order valence-corrected chi connectivity index (χ3v) is 7.12. The number of carbonyl (C=O) groups is 1. The molecule has 1 aliphatic carbocycles. The van der Waals surface area contributed by atoms with Crippen molar-refractivity contribution in [3.8, 4) is 0 Å². The molecule has 1 saturated carbocycles. The lowest BCUT2D eigenvalue weighted by Gasteiger charge is -2.35. The molecule has 0 unspecified atom stereocenters. The smallest absolute Gasteiger partial charge is 0.251 e. The van der Waals surface area contributed by atoms with Crippen molar-refractivity contribution >= 4 is 21.6 Å². The maximum Gasteiger partial charge on any atom is 0.251 e. The highest BCUT2D eigenvalue weighted by atomic mass is 32.2. The standard InChI is InChI=1S/C19H27N3O4S/c1-21(27(2,24)25)16-7-5-14(6-8-16)19(23)20-15-9-17-12-26-18(13-3-4-13)11-22(17)10-15/h5-8,13,15,17-18H,3-4,9-12H2,1-2H3,(H,20,23)/t15-,17-,18+/m0/s1. The second kappa shape index (κ2) is 7.07. The van der Waals surface area contributed by atoms with Crippen molar-refractivity contribution in [2.24, 2.45) is 5.92 Å². The van der Waals surface area contributed by atoms with Crippen LogP contribution < -0.4 is 9.62 Å². The van der Waals surface area contributed by atoms with Crippen LogP contribution in [0.1, 0.15) is 29.6 Å². The summed E-state index contributed by atoms with van der Waals surface area (Å²) in [5.74, 6) is 0.622. The number of nitrogens with one attached hydrogen (secondary N) is 1. The quantitative estimate of drug-likeness (QED) is 0.809. The molecule has 2 saturated heterocycles. The Morgan fingerprint density at radius 3 is 2.56 bits per heavy atom. The minimum Gasteiger partial charge on any atom is -0.375 e. The highest BCUT2D eigenvalue weighted by molar-refractivity contribution is 7.92. The average molecular weight is 394 g/mol. The highest BCUT2D eigenvalue weighted by Crippen LogP contribution is 2.37. The lowest BCUT2D eigenvalue weighted by atomic mass is 10.1. The molecule has 2 aliphatic heterocycles. The zero-order valence-electron chi connectivity index (χ0n) is 15.8.